The van der Waals surface area contributed by atoms with Crippen molar-refractivity contribution in [1.29, 1.82) is 5.26 Å². The molecule has 0 amide bonds. The lowest BCUT2D eigenvalue weighted by Crippen LogP contribution is -2.11. The average Bonchev–Trinajstić information content (AvgIpc) is 2.83. The Morgan fingerprint density at radius 2 is 2.16 bits per heavy atom. The van der Waals surface area contributed by atoms with E-state index in [4.69, 9.17) is 5.73 Å². The predicted molar refractivity (Wildman–Crippen MR) is 81.0 cm³/mol. The highest BCUT2D eigenvalue weighted by Crippen LogP contribution is 2.39. The highest BCUT2D eigenvalue weighted by atomic mass is 79.9. The van der Waals surface area contributed by atoms with Gasteiger partial charge in [-0.3, -0.25) is 0 Å². The first kappa shape index (κ1) is 12.6. The minimum Gasteiger partial charge on any atom is -0.383 e. The van der Waals surface area contributed by atoms with Crippen molar-refractivity contribution < 1.29 is 0 Å². The largest absolute Gasteiger partial charge is 0.383 e. The molecule has 96 valence electrons. The van der Waals surface area contributed by atoms with E-state index in [1.54, 1.807) is 11.3 Å². The molecular weight excluding hydrogens is 322 g/mol. The fraction of sp³-hybridized carbons (Fsp3) is 0.286. The summed E-state index contributed by atoms with van der Waals surface area (Å²) in [7, 11) is 0. The highest BCUT2D eigenvalue weighted by molar-refractivity contribution is 9.10. The minimum absolute atomic E-state index is 0.364. The van der Waals surface area contributed by atoms with Gasteiger partial charge in [0.1, 0.15) is 17.5 Å². The lowest BCUT2D eigenvalue weighted by molar-refractivity contribution is 0.670. The van der Waals surface area contributed by atoms with E-state index in [0.29, 0.717) is 11.4 Å². The van der Waals surface area contributed by atoms with E-state index in [-0.39, 0.29) is 0 Å². The van der Waals surface area contributed by atoms with Gasteiger partial charge in [0.15, 0.2) is 0 Å². The summed E-state index contributed by atoms with van der Waals surface area (Å²) in [4.78, 5) is 5.52. The molecule has 0 saturated heterocycles. The van der Waals surface area contributed by atoms with E-state index < -0.39 is 0 Å². The van der Waals surface area contributed by atoms with Crippen LogP contribution in [0.2, 0.25) is 0 Å². The Bertz CT molecular complexity index is 685. The molecule has 3 nitrogen and oxygen atoms in total. The molecule has 0 spiro atoms. The first-order valence-electron chi connectivity index (χ1n) is 6.16. The van der Waals surface area contributed by atoms with Crippen molar-refractivity contribution in [2.45, 2.75) is 25.7 Å². The van der Waals surface area contributed by atoms with Gasteiger partial charge >= 0.3 is 0 Å². The Labute approximate surface area is 124 Å². The quantitative estimate of drug-likeness (QED) is 0.860. The number of nitriles is 1. The van der Waals surface area contributed by atoms with Crippen molar-refractivity contribution in [2.75, 3.05) is 5.73 Å². The van der Waals surface area contributed by atoms with Gasteiger partial charge in [-0.15, -0.1) is 11.3 Å². The zero-order chi connectivity index (χ0) is 13.4. The van der Waals surface area contributed by atoms with Crippen LogP contribution in [0.5, 0.6) is 0 Å². The third-order valence-corrected chi connectivity index (χ3v) is 5.14. The van der Waals surface area contributed by atoms with E-state index in [1.807, 2.05) is 5.38 Å². The molecule has 2 N–H and O–H groups in total. The van der Waals surface area contributed by atoms with Gasteiger partial charge in [-0.2, -0.15) is 5.26 Å². The number of aromatic nitrogens is 1. The molecule has 0 saturated carbocycles. The normalized spacial score (nSPS) is 13.9. The molecular formula is C14H12BrN3S. The van der Waals surface area contributed by atoms with Crippen molar-refractivity contribution >= 4 is 33.1 Å². The monoisotopic (exact) mass is 333 g/mol. The molecule has 19 heavy (non-hydrogen) atoms. The Balaban J connectivity index is 2.31. The summed E-state index contributed by atoms with van der Waals surface area (Å²) in [5.74, 6) is 0.364. The fourth-order valence-electron chi connectivity index (χ4n) is 2.59. The van der Waals surface area contributed by atoms with Gasteiger partial charge in [0.2, 0.25) is 0 Å². The Hall–Kier alpha value is -1.38. The third-order valence-electron chi connectivity index (χ3n) is 3.43. The minimum atomic E-state index is 0.364. The van der Waals surface area contributed by atoms with Gasteiger partial charge in [-0.1, -0.05) is 0 Å². The van der Waals surface area contributed by atoms with Crippen LogP contribution in [0.1, 0.15) is 29.7 Å². The smallest absolute Gasteiger partial charge is 0.142 e. The van der Waals surface area contributed by atoms with Crippen molar-refractivity contribution in [3.63, 3.8) is 0 Å². The molecule has 2 aromatic heterocycles. The SMILES string of the molecule is N#Cc1c(N)nc2c(c1-c1cc(Br)cs1)CCCC2. The standard InChI is InChI=1S/C14H12BrN3S/c15-8-5-12(19-7-8)13-9-3-1-2-4-11(9)18-14(17)10(13)6-16/h5,7H,1-4H2,(H2,17,18). The number of nitrogens with two attached hydrogens (primary N) is 1. The number of nitrogen functional groups attached to an aromatic ring is 1. The molecule has 0 radical (unpaired) electrons. The maximum absolute atomic E-state index is 9.39. The van der Waals surface area contributed by atoms with Crippen LogP contribution in [0.25, 0.3) is 10.4 Å². The number of pyridine rings is 1. The number of hydrogen-bond donors (Lipinski definition) is 1. The van der Waals surface area contributed by atoms with Crippen LogP contribution in [-0.2, 0) is 12.8 Å². The van der Waals surface area contributed by atoms with Crippen molar-refractivity contribution in [3.05, 3.63) is 32.7 Å². The van der Waals surface area contributed by atoms with Crippen LogP contribution in [0.4, 0.5) is 5.82 Å². The van der Waals surface area contributed by atoms with E-state index in [0.717, 1.165) is 46.3 Å². The second-order valence-corrected chi connectivity index (χ2v) is 6.45. The second-order valence-electron chi connectivity index (χ2n) is 4.62. The molecule has 0 aliphatic heterocycles. The fourth-order valence-corrected chi connectivity index (χ4v) is 4.10. The van der Waals surface area contributed by atoms with Gasteiger partial charge in [-0.25, -0.2) is 4.98 Å². The van der Waals surface area contributed by atoms with Gasteiger partial charge in [0.05, 0.1) is 0 Å². The number of anilines is 1. The zero-order valence-electron chi connectivity index (χ0n) is 10.2. The maximum Gasteiger partial charge on any atom is 0.142 e. The number of rotatable bonds is 1. The second kappa shape index (κ2) is 4.95. The molecule has 0 unspecified atom stereocenters. The number of fused-ring (bicyclic) bond motifs is 1. The van der Waals surface area contributed by atoms with E-state index in [1.165, 1.54) is 5.56 Å². The third kappa shape index (κ3) is 2.15. The molecule has 1 aliphatic carbocycles. The van der Waals surface area contributed by atoms with Crippen molar-refractivity contribution in [2.24, 2.45) is 0 Å². The zero-order valence-corrected chi connectivity index (χ0v) is 12.6. The van der Waals surface area contributed by atoms with Crippen molar-refractivity contribution in [1.82, 2.24) is 4.98 Å². The molecule has 1 aliphatic rings. The van der Waals surface area contributed by atoms with E-state index >= 15 is 0 Å². The summed E-state index contributed by atoms with van der Waals surface area (Å²) in [6, 6.07) is 4.28. The van der Waals surface area contributed by atoms with Crippen molar-refractivity contribution in [3.8, 4) is 16.5 Å². The highest BCUT2D eigenvalue weighted by Gasteiger charge is 2.22. The topological polar surface area (TPSA) is 62.7 Å². The summed E-state index contributed by atoms with van der Waals surface area (Å²) in [5.41, 5.74) is 9.77. The molecule has 5 heteroatoms. The predicted octanol–water partition coefficient (Wildman–Crippen LogP) is 3.91. The lowest BCUT2D eigenvalue weighted by atomic mass is 9.89. The van der Waals surface area contributed by atoms with Crippen LogP contribution in [0.15, 0.2) is 15.9 Å². The number of aryl methyl sites for hydroxylation is 1. The van der Waals surface area contributed by atoms with Crippen LogP contribution in [0.3, 0.4) is 0 Å². The molecule has 3 rings (SSSR count). The molecule has 2 heterocycles. The van der Waals surface area contributed by atoms with Gasteiger partial charge in [-0.05, 0) is 53.2 Å². The van der Waals surface area contributed by atoms with E-state index in [2.05, 4.69) is 33.0 Å². The first-order chi connectivity index (χ1) is 9.20. The van der Waals surface area contributed by atoms with Gasteiger partial charge < -0.3 is 5.73 Å². The number of halogens is 1. The molecule has 0 atom stereocenters. The summed E-state index contributed by atoms with van der Waals surface area (Å²) >= 11 is 5.10. The Morgan fingerprint density at radius 3 is 2.84 bits per heavy atom. The summed E-state index contributed by atoms with van der Waals surface area (Å²) in [6.07, 6.45) is 4.26. The summed E-state index contributed by atoms with van der Waals surface area (Å²) in [5, 5.41) is 11.4. The van der Waals surface area contributed by atoms with E-state index in [9.17, 15) is 5.26 Å². The van der Waals surface area contributed by atoms with Crippen LogP contribution < -0.4 is 5.73 Å². The Kier molecular flexibility index (Phi) is 3.29. The number of nitrogens with zero attached hydrogens (tertiary/aromatic N) is 2. The molecule has 0 aromatic carbocycles. The van der Waals surface area contributed by atoms with Crippen LogP contribution in [0, 0.1) is 11.3 Å². The van der Waals surface area contributed by atoms with Gasteiger partial charge in [0, 0.05) is 26.0 Å². The lowest BCUT2D eigenvalue weighted by Gasteiger charge is -2.20. The Morgan fingerprint density at radius 1 is 1.37 bits per heavy atom. The molecule has 0 bridgehead atoms. The summed E-state index contributed by atoms with van der Waals surface area (Å²) in [6.45, 7) is 0. The van der Waals surface area contributed by atoms with Crippen LogP contribution in [-0.4, -0.2) is 4.98 Å². The first-order valence-corrected chi connectivity index (χ1v) is 7.83. The molecule has 2 aromatic rings. The van der Waals surface area contributed by atoms with Gasteiger partial charge in [0.25, 0.3) is 0 Å². The number of thiophene rings is 1. The number of hydrogen-bond acceptors (Lipinski definition) is 4. The molecule has 0 fully saturated rings. The average molecular weight is 334 g/mol. The maximum atomic E-state index is 9.39. The van der Waals surface area contributed by atoms with Crippen LogP contribution >= 0.6 is 27.3 Å². The summed E-state index contributed by atoms with van der Waals surface area (Å²) < 4.78 is 1.04.